The highest BCUT2D eigenvalue weighted by Crippen LogP contribution is 2.20. The number of hydrogen-bond donors (Lipinski definition) is 2. The number of anilines is 2. The van der Waals surface area contributed by atoms with Crippen molar-refractivity contribution in [1.29, 1.82) is 0 Å². The van der Waals surface area contributed by atoms with Gasteiger partial charge in [0.05, 0.1) is 0 Å². The van der Waals surface area contributed by atoms with Crippen LogP contribution in [0.15, 0.2) is 84.9 Å². The molecule has 0 saturated heterocycles. The average molecular weight is 340 g/mol. The van der Waals surface area contributed by atoms with Gasteiger partial charge in [-0.25, -0.2) is 0 Å². The monoisotopic (exact) mass is 340 g/mol. The fraction of sp³-hybridized carbons (Fsp3) is 0. The molecule has 0 aliphatic heterocycles. The van der Waals surface area contributed by atoms with Crippen molar-refractivity contribution in [2.24, 2.45) is 0 Å². The Kier molecular flexibility index (Phi) is 4.07. The molecule has 4 aromatic rings. The summed E-state index contributed by atoms with van der Waals surface area (Å²) >= 11 is 0. The van der Waals surface area contributed by atoms with Crippen LogP contribution in [0.3, 0.4) is 0 Å². The van der Waals surface area contributed by atoms with Crippen LogP contribution in [-0.2, 0) is 9.59 Å². The van der Waals surface area contributed by atoms with Gasteiger partial charge in [-0.05, 0) is 45.8 Å². The Balaban J connectivity index is 1.48. The molecule has 0 aliphatic carbocycles. The van der Waals surface area contributed by atoms with Crippen molar-refractivity contribution in [3.05, 3.63) is 84.9 Å². The molecule has 0 fully saturated rings. The Morgan fingerprint density at radius 3 is 1.31 bits per heavy atom. The van der Waals surface area contributed by atoms with E-state index in [0.29, 0.717) is 11.4 Å². The van der Waals surface area contributed by atoms with E-state index >= 15 is 0 Å². The first-order valence-corrected chi connectivity index (χ1v) is 8.29. The second-order valence-electron chi connectivity index (χ2n) is 6.03. The minimum Gasteiger partial charge on any atom is -0.318 e. The molecular formula is C22H16N2O2. The Hall–Kier alpha value is -3.66. The molecule has 4 aromatic carbocycles. The summed E-state index contributed by atoms with van der Waals surface area (Å²) in [4.78, 5) is 24.4. The summed E-state index contributed by atoms with van der Waals surface area (Å²) in [7, 11) is 0. The zero-order valence-corrected chi connectivity index (χ0v) is 13.9. The van der Waals surface area contributed by atoms with Gasteiger partial charge in [0.2, 0.25) is 0 Å². The highest BCUT2D eigenvalue weighted by atomic mass is 16.2. The van der Waals surface area contributed by atoms with Gasteiger partial charge in [-0.15, -0.1) is 0 Å². The zero-order chi connectivity index (χ0) is 17.9. The summed E-state index contributed by atoms with van der Waals surface area (Å²) in [6.07, 6.45) is 0. The van der Waals surface area contributed by atoms with Gasteiger partial charge in [-0.3, -0.25) is 9.59 Å². The van der Waals surface area contributed by atoms with Crippen LogP contribution in [0, 0.1) is 0 Å². The van der Waals surface area contributed by atoms with Gasteiger partial charge >= 0.3 is 11.8 Å². The third kappa shape index (κ3) is 3.26. The lowest BCUT2D eigenvalue weighted by molar-refractivity contribution is -0.132. The van der Waals surface area contributed by atoms with Crippen LogP contribution in [-0.4, -0.2) is 11.8 Å². The first-order valence-electron chi connectivity index (χ1n) is 8.29. The molecule has 0 unspecified atom stereocenters. The maximum absolute atomic E-state index is 12.2. The molecule has 126 valence electrons. The van der Waals surface area contributed by atoms with Crippen molar-refractivity contribution < 1.29 is 9.59 Å². The Labute approximate surface area is 150 Å². The van der Waals surface area contributed by atoms with Crippen LogP contribution in [0.1, 0.15) is 0 Å². The lowest BCUT2D eigenvalue weighted by Crippen LogP contribution is -2.29. The van der Waals surface area contributed by atoms with Crippen LogP contribution in [0.25, 0.3) is 21.5 Å². The lowest BCUT2D eigenvalue weighted by Gasteiger charge is -2.08. The first-order chi connectivity index (χ1) is 12.7. The molecule has 0 aliphatic rings. The molecule has 4 rings (SSSR count). The van der Waals surface area contributed by atoms with Crippen molar-refractivity contribution in [2.75, 3.05) is 10.6 Å². The third-order valence-corrected chi connectivity index (χ3v) is 4.22. The average Bonchev–Trinajstić information content (AvgIpc) is 2.67. The Morgan fingerprint density at radius 1 is 0.500 bits per heavy atom. The van der Waals surface area contributed by atoms with Crippen LogP contribution in [0.2, 0.25) is 0 Å². The van der Waals surface area contributed by atoms with E-state index in [1.165, 1.54) is 0 Å². The molecule has 0 radical (unpaired) electrons. The van der Waals surface area contributed by atoms with E-state index in [1.54, 1.807) is 12.1 Å². The molecule has 0 saturated carbocycles. The van der Waals surface area contributed by atoms with E-state index in [0.717, 1.165) is 21.5 Å². The standard InChI is InChI=1S/C22H16N2O2/c25-21(23-19-11-9-15-5-1-3-7-17(15)13-19)22(26)24-20-12-10-16-6-2-4-8-18(16)14-20/h1-14H,(H,23,25)(H,24,26). The predicted octanol–water partition coefficient (Wildman–Crippen LogP) is 4.57. The largest absolute Gasteiger partial charge is 0.318 e. The minimum absolute atomic E-state index is 0.586. The van der Waals surface area contributed by atoms with Gasteiger partial charge in [-0.2, -0.15) is 0 Å². The molecule has 26 heavy (non-hydrogen) atoms. The number of carbonyl (C=O) groups is 2. The van der Waals surface area contributed by atoms with Crippen LogP contribution in [0.5, 0.6) is 0 Å². The molecule has 0 aromatic heterocycles. The van der Waals surface area contributed by atoms with E-state index in [-0.39, 0.29) is 0 Å². The number of hydrogen-bond acceptors (Lipinski definition) is 2. The van der Waals surface area contributed by atoms with Gasteiger partial charge < -0.3 is 10.6 Å². The summed E-state index contributed by atoms with van der Waals surface area (Å²) in [5.41, 5.74) is 1.17. The van der Waals surface area contributed by atoms with Crippen LogP contribution >= 0.6 is 0 Å². The predicted molar refractivity (Wildman–Crippen MR) is 105 cm³/mol. The van der Waals surface area contributed by atoms with E-state index in [1.807, 2.05) is 72.8 Å². The van der Waals surface area contributed by atoms with Crippen molar-refractivity contribution in [3.8, 4) is 0 Å². The molecule has 0 spiro atoms. The summed E-state index contributed by atoms with van der Waals surface area (Å²) in [6.45, 7) is 0. The highest BCUT2D eigenvalue weighted by Gasteiger charge is 2.14. The summed E-state index contributed by atoms with van der Waals surface area (Å²) in [5, 5.41) is 9.43. The second kappa shape index (κ2) is 6.69. The number of fused-ring (bicyclic) bond motifs is 2. The zero-order valence-electron chi connectivity index (χ0n) is 13.9. The van der Waals surface area contributed by atoms with Crippen LogP contribution in [0.4, 0.5) is 11.4 Å². The quantitative estimate of drug-likeness (QED) is 0.525. The van der Waals surface area contributed by atoms with Gasteiger partial charge in [0.25, 0.3) is 0 Å². The summed E-state index contributed by atoms with van der Waals surface area (Å²) < 4.78 is 0. The van der Waals surface area contributed by atoms with Crippen molar-refractivity contribution in [2.45, 2.75) is 0 Å². The summed E-state index contributed by atoms with van der Waals surface area (Å²) in [6, 6.07) is 26.7. The van der Waals surface area contributed by atoms with E-state index in [2.05, 4.69) is 10.6 Å². The molecule has 2 N–H and O–H groups in total. The first kappa shape index (κ1) is 15.8. The topological polar surface area (TPSA) is 58.2 Å². The lowest BCUT2D eigenvalue weighted by atomic mass is 10.1. The molecule has 4 nitrogen and oxygen atoms in total. The van der Waals surface area contributed by atoms with Gasteiger partial charge in [0, 0.05) is 11.4 Å². The van der Waals surface area contributed by atoms with Gasteiger partial charge in [-0.1, -0.05) is 60.7 Å². The van der Waals surface area contributed by atoms with Crippen molar-refractivity contribution >= 4 is 44.7 Å². The number of benzene rings is 4. The molecular weight excluding hydrogens is 324 g/mol. The van der Waals surface area contributed by atoms with E-state index in [9.17, 15) is 9.59 Å². The molecule has 2 amide bonds. The van der Waals surface area contributed by atoms with Crippen molar-refractivity contribution in [1.82, 2.24) is 0 Å². The number of carbonyl (C=O) groups excluding carboxylic acids is 2. The van der Waals surface area contributed by atoms with Gasteiger partial charge in [0.1, 0.15) is 0 Å². The Morgan fingerprint density at radius 2 is 0.885 bits per heavy atom. The molecule has 4 heteroatoms. The smallest absolute Gasteiger partial charge is 0.314 e. The Bertz CT molecular complexity index is 1040. The van der Waals surface area contributed by atoms with Gasteiger partial charge in [0.15, 0.2) is 0 Å². The fourth-order valence-corrected chi connectivity index (χ4v) is 2.91. The van der Waals surface area contributed by atoms with E-state index < -0.39 is 11.8 Å². The number of rotatable bonds is 2. The summed E-state index contributed by atoms with van der Waals surface area (Å²) in [5.74, 6) is -1.40. The van der Waals surface area contributed by atoms with E-state index in [4.69, 9.17) is 0 Å². The van der Waals surface area contributed by atoms with Crippen LogP contribution < -0.4 is 10.6 Å². The fourth-order valence-electron chi connectivity index (χ4n) is 2.91. The highest BCUT2D eigenvalue weighted by molar-refractivity contribution is 6.43. The number of amides is 2. The maximum atomic E-state index is 12.2. The third-order valence-electron chi connectivity index (χ3n) is 4.22. The SMILES string of the molecule is O=C(Nc1ccc2ccccc2c1)C(=O)Nc1ccc2ccccc2c1. The maximum Gasteiger partial charge on any atom is 0.314 e. The normalized spacial score (nSPS) is 10.6. The molecule has 0 bridgehead atoms. The molecule has 0 heterocycles. The number of nitrogens with one attached hydrogen (secondary N) is 2. The second-order valence-corrected chi connectivity index (χ2v) is 6.03. The minimum atomic E-state index is -0.701. The van der Waals surface area contributed by atoms with Crippen molar-refractivity contribution in [3.63, 3.8) is 0 Å². The molecule has 0 atom stereocenters.